The molecule has 0 saturated carbocycles. The summed E-state index contributed by atoms with van der Waals surface area (Å²) in [5.41, 5.74) is 5.74. The lowest BCUT2D eigenvalue weighted by Crippen LogP contribution is -2.42. The second-order valence-corrected chi connectivity index (χ2v) is 7.95. The van der Waals surface area contributed by atoms with E-state index in [1.54, 1.807) is 18.2 Å². The smallest absolute Gasteiger partial charge is 0.0998 e. The predicted octanol–water partition coefficient (Wildman–Crippen LogP) is 6.69. The van der Waals surface area contributed by atoms with Crippen molar-refractivity contribution in [3.8, 4) is 6.07 Å². The second-order valence-electron chi connectivity index (χ2n) is 7.11. The Morgan fingerprint density at radius 3 is 2.54 bits per heavy atom. The number of nitriles is 1. The zero-order valence-corrected chi connectivity index (χ0v) is 16.8. The van der Waals surface area contributed by atoms with Gasteiger partial charge in [0.2, 0.25) is 0 Å². The summed E-state index contributed by atoms with van der Waals surface area (Å²) in [6, 6.07) is 13.7. The van der Waals surface area contributed by atoms with Crippen molar-refractivity contribution < 1.29 is 0 Å². The molecule has 1 aliphatic heterocycles. The van der Waals surface area contributed by atoms with Crippen LogP contribution in [0.2, 0.25) is 10.0 Å². The molecule has 0 atom stereocenters. The molecular weight excluding hydrogens is 363 g/mol. The van der Waals surface area contributed by atoms with E-state index < -0.39 is 0 Å². The Hall–Kier alpha value is -2.21. The molecule has 0 fully saturated rings. The number of nitrogens with zero attached hydrogens (tertiary/aromatic N) is 2. The number of fused-ring (bicyclic) bond motifs is 1. The molecule has 132 valence electrons. The van der Waals surface area contributed by atoms with Gasteiger partial charge in [0.25, 0.3) is 0 Å². The number of benzene rings is 2. The predicted molar refractivity (Wildman–Crippen MR) is 113 cm³/mol. The summed E-state index contributed by atoms with van der Waals surface area (Å²) in [5.74, 6) is 0. The molecule has 0 N–H and O–H groups in total. The van der Waals surface area contributed by atoms with Gasteiger partial charge >= 0.3 is 0 Å². The van der Waals surface area contributed by atoms with E-state index in [4.69, 9.17) is 23.2 Å². The van der Waals surface area contributed by atoms with E-state index in [-0.39, 0.29) is 5.54 Å². The molecule has 1 aliphatic rings. The van der Waals surface area contributed by atoms with E-state index in [9.17, 15) is 5.26 Å². The summed E-state index contributed by atoms with van der Waals surface area (Å²) < 4.78 is 0. The minimum Gasteiger partial charge on any atom is -0.366 e. The van der Waals surface area contributed by atoms with Crippen molar-refractivity contribution in [2.75, 3.05) is 11.9 Å². The Balaban J connectivity index is 2.07. The van der Waals surface area contributed by atoms with Gasteiger partial charge < -0.3 is 4.90 Å². The van der Waals surface area contributed by atoms with Gasteiger partial charge in [-0.15, -0.1) is 0 Å². The third kappa shape index (κ3) is 3.38. The van der Waals surface area contributed by atoms with Gasteiger partial charge in [-0.3, -0.25) is 0 Å². The van der Waals surface area contributed by atoms with Crippen LogP contribution in [0.25, 0.3) is 17.2 Å². The maximum Gasteiger partial charge on any atom is 0.0998 e. The van der Waals surface area contributed by atoms with Crippen LogP contribution in [0.4, 0.5) is 5.69 Å². The molecule has 0 amide bonds. The van der Waals surface area contributed by atoms with Crippen LogP contribution in [0.15, 0.2) is 42.5 Å². The molecular formula is C22H20Cl2N2. The Morgan fingerprint density at radius 1 is 1.15 bits per heavy atom. The molecule has 3 rings (SSSR count). The molecule has 0 bridgehead atoms. The van der Waals surface area contributed by atoms with Gasteiger partial charge in [-0.25, -0.2) is 0 Å². The maximum atomic E-state index is 9.61. The van der Waals surface area contributed by atoms with Crippen LogP contribution in [0, 0.1) is 11.3 Å². The minimum absolute atomic E-state index is 0.0247. The lowest BCUT2D eigenvalue weighted by Gasteiger charge is -2.40. The fraction of sp³-hybridized carbons (Fsp3) is 0.227. The monoisotopic (exact) mass is 382 g/mol. The summed E-state index contributed by atoms with van der Waals surface area (Å²) in [6.07, 6.45) is 4.13. The van der Waals surface area contributed by atoms with Crippen molar-refractivity contribution in [2.24, 2.45) is 0 Å². The zero-order valence-electron chi connectivity index (χ0n) is 15.3. The zero-order chi connectivity index (χ0) is 19.1. The summed E-state index contributed by atoms with van der Waals surface area (Å²) in [7, 11) is 2.10. The highest BCUT2D eigenvalue weighted by Gasteiger charge is 2.28. The van der Waals surface area contributed by atoms with Crippen molar-refractivity contribution >= 4 is 46.1 Å². The molecule has 26 heavy (non-hydrogen) atoms. The lowest BCUT2D eigenvalue weighted by molar-refractivity contribution is 0.598. The molecule has 2 nitrogen and oxygen atoms in total. The van der Waals surface area contributed by atoms with E-state index >= 15 is 0 Å². The fourth-order valence-electron chi connectivity index (χ4n) is 3.31. The minimum atomic E-state index is -0.0247. The van der Waals surface area contributed by atoms with Gasteiger partial charge in [0.15, 0.2) is 0 Å². The number of likely N-dealkylation sites (N-methyl/N-ethyl adjacent to an activating group) is 1. The Kier molecular flexibility index (Phi) is 4.88. The number of hydrogen-bond acceptors (Lipinski definition) is 2. The highest BCUT2D eigenvalue weighted by atomic mass is 35.5. The standard InChI is InChI=1S/C22H20Cl2N2/c1-14-12-22(2,3)26(4)21-8-5-15(10-19(14)21)9-16(13-25)18-7-6-17(23)11-20(18)24/h5-12H,1-4H3/b16-9+. The molecule has 4 heteroatoms. The van der Waals surface area contributed by atoms with Crippen molar-refractivity contribution in [2.45, 2.75) is 26.3 Å². The van der Waals surface area contributed by atoms with Crippen molar-refractivity contribution in [1.82, 2.24) is 0 Å². The highest BCUT2D eigenvalue weighted by Crippen LogP contribution is 2.38. The van der Waals surface area contributed by atoms with E-state index in [2.05, 4.69) is 57.0 Å². The lowest BCUT2D eigenvalue weighted by atomic mass is 9.88. The molecule has 2 aromatic carbocycles. The molecule has 0 unspecified atom stereocenters. The highest BCUT2D eigenvalue weighted by molar-refractivity contribution is 6.36. The van der Waals surface area contributed by atoms with Gasteiger partial charge in [-0.2, -0.15) is 5.26 Å². The van der Waals surface area contributed by atoms with Gasteiger partial charge in [-0.05, 0) is 62.2 Å². The van der Waals surface area contributed by atoms with Crippen LogP contribution < -0.4 is 4.90 Å². The third-order valence-electron chi connectivity index (χ3n) is 4.89. The van der Waals surface area contributed by atoms with Gasteiger partial charge in [0.1, 0.15) is 0 Å². The van der Waals surface area contributed by atoms with Crippen LogP contribution in [0.5, 0.6) is 0 Å². The third-order valence-corrected chi connectivity index (χ3v) is 5.44. The number of hydrogen-bond donors (Lipinski definition) is 0. The quantitative estimate of drug-likeness (QED) is 0.427. The van der Waals surface area contributed by atoms with E-state index in [0.717, 1.165) is 5.56 Å². The topological polar surface area (TPSA) is 27.0 Å². The van der Waals surface area contributed by atoms with Crippen LogP contribution in [-0.2, 0) is 0 Å². The van der Waals surface area contributed by atoms with Gasteiger partial charge in [-0.1, -0.05) is 41.4 Å². The van der Waals surface area contributed by atoms with E-state index in [0.29, 0.717) is 21.2 Å². The molecule has 0 saturated heterocycles. The summed E-state index contributed by atoms with van der Waals surface area (Å²) >= 11 is 12.2. The number of allylic oxidation sites excluding steroid dienone is 2. The van der Waals surface area contributed by atoms with Crippen molar-refractivity contribution in [3.63, 3.8) is 0 Å². The summed E-state index contributed by atoms with van der Waals surface area (Å²) in [5, 5.41) is 10.6. The van der Waals surface area contributed by atoms with Crippen LogP contribution in [-0.4, -0.2) is 12.6 Å². The Bertz CT molecular complexity index is 978. The first-order valence-corrected chi connectivity index (χ1v) is 9.13. The van der Waals surface area contributed by atoms with Crippen molar-refractivity contribution in [1.29, 1.82) is 5.26 Å². The van der Waals surface area contributed by atoms with Gasteiger partial charge in [0.05, 0.1) is 22.2 Å². The number of rotatable bonds is 2. The van der Waals surface area contributed by atoms with Crippen molar-refractivity contribution in [3.05, 3.63) is 69.2 Å². The molecule has 1 heterocycles. The van der Waals surface area contributed by atoms with Crippen LogP contribution in [0.1, 0.15) is 37.5 Å². The second kappa shape index (κ2) is 6.83. The average molecular weight is 383 g/mol. The molecule has 0 aliphatic carbocycles. The van der Waals surface area contributed by atoms with Gasteiger partial charge in [0, 0.05) is 28.9 Å². The van der Waals surface area contributed by atoms with Crippen LogP contribution >= 0.6 is 23.2 Å². The first kappa shape index (κ1) is 18.6. The molecule has 2 aromatic rings. The Morgan fingerprint density at radius 2 is 1.88 bits per heavy atom. The summed E-state index contributed by atoms with van der Waals surface area (Å²) in [4.78, 5) is 2.27. The molecule has 0 spiro atoms. The summed E-state index contributed by atoms with van der Waals surface area (Å²) in [6.45, 7) is 6.52. The fourth-order valence-corrected chi connectivity index (χ4v) is 3.82. The molecule has 0 radical (unpaired) electrons. The Labute approximate surface area is 165 Å². The van der Waals surface area contributed by atoms with E-state index in [1.807, 2.05) is 12.1 Å². The maximum absolute atomic E-state index is 9.61. The number of halogens is 2. The number of anilines is 1. The first-order valence-electron chi connectivity index (χ1n) is 8.38. The SMILES string of the molecule is CC1=CC(C)(C)N(C)c2ccc(/C=C(\C#N)c3ccc(Cl)cc3Cl)cc21. The van der Waals surface area contributed by atoms with E-state index in [1.165, 1.54) is 16.8 Å². The molecule has 0 aromatic heterocycles. The normalized spacial score (nSPS) is 16.0. The largest absolute Gasteiger partial charge is 0.366 e. The van der Waals surface area contributed by atoms with Crippen LogP contribution in [0.3, 0.4) is 0 Å². The first-order chi connectivity index (χ1) is 12.2. The average Bonchev–Trinajstić information content (AvgIpc) is 2.58.